The van der Waals surface area contributed by atoms with Crippen molar-refractivity contribution in [3.8, 4) is 0 Å². The van der Waals surface area contributed by atoms with Gasteiger partial charge in [-0.2, -0.15) is 10.1 Å². The van der Waals surface area contributed by atoms with Crippen LogP contribution in [0.15, 0.2) is 30.5 Å². The first-order valence-electron chi connectivity index (χ1n) is 7.56. The number of aryl methyl sites for hydroxylation is 1. The minimum atomic E-state index is 0.533. The van der Waals surface area contributed by atoms with Gasteiger partial charge in [-0.3, -0.25) is 0 Å². The van der Waals surface area contributed by atoms with Crippen LogP contribution in [-0.2, 0) is 6.54 Å². The standard InChI is InChI=1S/C16H21N5/c1-12-6-2-3-7-13(12)10-17-16-20-15(11-18-21-16)19-14-8-4-5-9-14/h2-3,6-7,11,14H,4-5,8-10H2,1H3,(H2,17,19,20,21). The zero-order valence-corrected chi connectivity index (χ0v) is 12.3. The Balaban J connectivity index is 1.61. The lowest BCUT2D eigenvalue weighted by Gasteiger charge is -2.13. The highest BCUT2D eigenvalue weighted by Crippen LogP contribution is 2.21. The second-order valence-electron chi connectivity index (χ2n) is 5.57. The van der Waals surface area contributed by atoms with Crippen LogP contribution in [0.1, 0.15) is 36.8 Å². The average molecular weight is 283 g/mol. The van der Waals surface area contributed by atoms with Crippen molar-refractivity contribution >= 4 is 11.8 Å². The third kappa shape index (κ3) is 3.68. The summed E-state index contributed by atoms with van der Waals surface area (Å²) in [5.74, 6) is 1.38. The summed E-state index contributed by atoms with van der Waals surface area (Å²) in [6.45, 7) is 2.81. The van der Waals surface area contributed by atoms with Crippen molar-refractivity contribution in [3.63, 3.8) is 0 Å². The molecule has 1 saturated carbocycles. The van der Waals surface area contributed by atoms with E-state index in [0.29, 0.717) is 18.5 Å². The number of benzene rings is 1. The maximum Gasteiger partial charge on any atom is 0.244 e. The van der Waals surface area contributed by atoms with Gasteiger partial charge in [0.1, 0.15) is 0 Å². The van der Waals surface area contributed by atoms with Crippen LogP contribution in [0.25, 0.3) is 0 Å². The minimum Gasteiger partial charge on any atom is -0.366 e. The Bertz CT molecular complexity index is 593. The van der Waals surface area contributed by atoms with Crippen LogP contribution in [0.5, 0.6) is 0 Å². The number of hydrogen-bond acceptors (Lipinski definition) is 5. The van der Waals surface area contributed by atoms with Crippen LogP contribution in [0, 0.1) is 6.92 Å². The normalized spacial score (nSPS) is 15.1. The lowest BCUT2D eigenvalue weighted by Crippen LogP contribution is -2.16. The number of rotatable bonds is 5. The molecule has 1 fully saturated rings. The van der Waals surface area contributed by atoms with Gasteiger partial charge in [-0.1, -0.05) is 37.1 Å². The van der Waals surface area contributed by atoms with Crippen LogP contribution < -0.4 is 10.6 Å². The van der Waals surface area contributed by atoms with Gasteiger partial charge in [0.25, 0.3) is 0 Å². The first-order valence-corrected chi connectivity index (χ1v) is 7.56. The largest absolute Gasteiger partial charge is 0.366 e. The monoisotopic (exact) mass is 283 g/mol. The SMILES string of the molecule is Cc1ccccc1CNc1nncc(NC2CCCC2)n1. The van der Waals surface area contributed by atoms with Crippen LogP contribution in [0.2, 0.25) is 0 Å². The second kappa shape index (κ2) is 6.52. The van der Waals surface area contributed by atoms with E-state index < -0.39 is 0 Å². The molecule has 1 aromatic heterocycles. The van der Waals surface area contributed by atoms with Crippen LogP contribution in [0.4, 0.5) is 11.8 Å². The minimum absolute atomic E-state index is 0.533. The highest BCUT2D eigenvalue weighted by atomic mass is 15.3. The maximum absolute atomic E-state index is 4.49. The van der Waals surface area contributed by atoms with Gasteiger partial charge in [-0.05, 0) is 30.9 Å². The van der Waals surface area contributed by atoms with Gasteiger partial charge in [-0.15, -0.1) is 5.10 Å². The fourth-order valence-corrected chi connectivity index (χ4v) is 2.71. The third-order valence-corrected chi connectivity index (χ3v) is 3.96. The summed E-state index contributed by atoms with van der Waals surface area (Å²) >= 11 is 0. The summed E-state index contributed by atoms with van der Waals surface area (Å²) in [5.41, 5.74) is 2.51. The highest BCUT2D eigenvalue weighted by molar-refractivity contribution is 5.39. The molecule has 5 heteroatoms. The van der Waals surface area contributed by atoms with E-state index in [9.17, 15) is 0 Å². The van der Waals surface area contributed by atoms with Gasteiger partial charge in [0.05, 0.1) is 6.20 Å². The topological polar surface area (TPSA) is 62.7 Å². The Morgan fingerprint density at radius 1 is 1.19 bits per heavy atom. The molecule has 1 aliphatic carbocycles. The molecule has 0 radical (unpaired) electrons. The molecule has 0 atom stereocenters. The third-order valence-electron chi connectivity index (χ3n) is 3.96. The van der Waals surface area contributed by atoms with E-state index in [1.807, 2.05) is 12.1 Å². The van der Waals surface area contributed by atoms with Gasteiger partial charge in [-0.25, -0.2) is 0 Å². The van der Waals surface area contributed by atoms with E-state index in [2.05, 4.69) is 44.9 Å². The zero-order chi connectivity index (χ0) is 14.5. The Morgan fingerprint density at radius 3 is 2.81 bits per heavy atom. The molecule has 1 heterocycles. The van der Waals surface area contributed by atoms with Crippen molar-refractivity contribution in [3.05, 3.63) is 41.6 Å². The lowest BCUT2D eigenvalue weighted by atomic mass is 10.1. The smallest absolute Gasteiger partial charge is 0.244 e. The lowest BCUT2D eigenvalue weighted by molar-refractivity contribution is 0.746. The molecule has 2 aromatic rings. The van der Waals surface area contributed by atoms with Crippen molar-refractivity contribution in [2.45, 2.75) is 45.2 Å². The molecule has 2 N–H and O–H groups in total. The Hall–Kier alpha value is -2.17. The first-order chi connectivity index (χ1) is 10.3. The molecule has 110 valence electrons. The summed E-state index contributed by atoms with van der Waals surface area (Å²) in [6.07, 6.45) is 6.73. The molecule has 0 amide bonds. The summed E-state index contributed by atoms with van der Waals surface area (Å²) in [7, 11) is 0. The molecule has 0 spiro atoms. The fraction of sp³-hybridized carbons (Fsp3) is 0.438. The molecule has 1 aliphatic rings. The molecule has 5 nitrogen and oxygen atoms in total. The van der Waals surface area contributed by atoms with Crippen LogP contribution in [0.3, 0.4) is 0 Å². The van der Waals surface area contributed by atoms with E-state index in [1.54, 1.807) is 6.20 Å². The van der Waals surface area contributed by atoms with Gasteiger partial charge >= 0.3 is 0 Å². The van der Waals surface area contributed by atoms with Gasteiger partial charge in [0, 0.05) is 12.6 Å². The van der Waals surface area contributed by atoms with E-state index in [0.717, 1.165) is 5.82 Å². The Morgan fingerprint density at radius 2 is 2.00 bits per heavy atom. The van der Waals surface area contributed by atoms with Crippen LogP contribution in [-0.4, -0.2) is 21.2 Å². The highest BCUT2D eigenvalue weighted by Gasteiger charge is 2.15. The van der Waals surface area contributed by atoms with E-state index in [4.69, 9.17) is 0 Å². The average Bonchev–Trinajstić information content (AvgIpc) is 3.00. The van der Waals surface area contributed by atoms with Crippen molar-refractivity contribution in [1.82, 2.24) is 15.2 Å². The predicted molar refractivity (Wildman–Crippen MR) is 84.2 cm³/mol. The van der Waals surface area contributed by atoms with E-state index >= 15 is 0 Å². The second-order valence-corrected chi connectivity index (χ2v) is 5.57. The van der Waals surface area contributed by atoms with Gasteiger partial charge < -0.3 is 10.6 Å². The number of aromatic nitrogens is 3. The van der Waals surface area contributed by atoms with Gasteiger partial charge in [0.15, 0.2) is 5.82 Å². The van der Waals surface area contributed by atoms with E-state index in [1.165, 1.54) is 36.8 Å². The maximum atomic E-state index is 4.49. The summed E-state index contributed by atoms with van der Waals surface area (Å²) in [6, 6.07) is 8.83. The Labute approximate surface area is 125 Å². The molecule has 0 unspecified atom stereocenters. The zero-order valence-electron chi connectivity index (χ0n) is 12.3. The molecular formula is C16H21N5. The molecule has 3 rings (SSSR count). The molecule has 0 saturated heterocycles. The van der Waals surface area contributed by atoms with Gasteiger partial charge in [0.2, 0.25) is 5.95 Å². The number of nitrogens with zero attached hydrogens (tertiary/aromatic N) is 3. The fourth-order valence-electron chi connectivity index (χ4n) is 2.71. The van der Waals surface area contributed by atoms with Crippen molar-refractivity contribution in [2.75, 3.05) is 10.6 Å². The first kappa shape index (κ1) is 13.8. The number of hydrogen-bond donors (Lipinski definition) is 2. The molecule has 1 aromatic carbocycles. The summed E-state index contributed by atoms with van der Waals surface area (Å²) < 4.78 is 0. The Kier molecular flexibility index (Phi) is 4.28. The van der Waals surface area contributed by atoms with Crippen molar-refractivity contribution < 1.29 is 0 Å². The molecular weight excluding hydrogens is 262 g/mol. The summed E-state index contributed by atoms with van der Waals surface area (Å²) in [5, 5.41) is 14.7. The predicted octanol–water partition coefficient (Wildman–Crippen LogP) is 3.15. The number of anilines is 2. The molecule has 21 heavy (non-hydrogen) atoms. The quantitative estimate of drug-likeness (QED) is 0.882. The van der Waals surface area contributed by atoms with Crippen molar-refractivity contribution in [2.24, 2.45) is 0 Å². The van der Waals surface area contributed by atoms with Crippen LogP contribution >= 0.6 is 0 Å². The molecule has 0 bridgehead atoms. The molecule has 0 aliphatic heterocycles. The van der Waals surface area contributed by atoms with Crippen molar-refractivity contribution in [1.29, 1.82) is 0 Å². The van der Waals surface area contributed by atoms with E-state index in [-0.39, 0.29) is 0 Å². The number of nitrogens with one attached hydrogen (secondary N) is 2. The summed E-state index contributed by atoms with van der Waals surface area (Å²) in [4.78, 5) is 4.49.